The summed E-state index contributed by atoms with van der Waals surface area (Å²) in [4.78, 5) is 0. The van der Waals surface area contributed by atoms with Crippen molar-refractivity contribution in [3.05, 3.63) is 24.3 Å². The van der Waals surface area contributed by atoms with Crippen molar-refractivity contribution in [2.24, 2.45) is 0 Å². The van der Waals surface area contributed by atoms with E-state index in [0.29, 0.717) is 5.75 Å². The minimum atomic E-state index is -2.83. The van der Waals surface area contributed by atoms with Crippen LogP contribution in [0.4, 0.5) is 8.78 Å². The molecular weight excluding hydrogens is 192 g/mol. The fourth-order valence-corrected chi connectivity index (χ4v) is 0.833. The number of hydrogen-bond acceptors (Lipinski definition) is 3. The first-order valence-corrected chi connectivity index (χ1v) is 3.77. The molecule has 0 spiro atoms. The van der Waals surface area contributed by atoms with E-state index in [4.69, 9.17) is 10.00 Å². The molecule has 0 radical (unpaired) electrons. The molecule has 14 heavy (non-hydrogen) atoms. The molecule has 0 aromatic heterocycles. The SMILES string of the molecule is N#CCOc1ccc(OC(F)F)cc1. The summed E-state index contributed by atoms with van der Waals surface area (Å²) in [6.07, 6.45) is 0. The first-order valence-electron chi connectivity index (χ1n) is 3.77. The Hall–Kier alpha value is -1.83. The zero-order valence-electron chi connectivity index (χ0n) is 7.11. The number of ether oxygens (including phenoxy) is 2. The number of nitriles is 1. The summed E-state index contributed by atoms with van der Waals surface area (Å²) in [5.41, 5.74) is 0. The quantitative estimate of drug-likeness (QED) is 0.746. The molecule has 0 amide bonds. The second-order valence-electron chi connectivity index (χ2n) is 2.30. The van der Waals surface area contributed by atoms with Crippen LogP contribution in [0.3, 0.4) is 0 Å². The van der Waals surface area contributed by atoms with Crippen molar-refractivity contribution in [3.8, 4) is 17.6 Å². The van der Waals surface area contributed by atoms with Gasteiger partial charge in [-0.25, -0.2) is 0 Å². The van der Waals surface area contributed by atoms with Gasteiger partial charge in [-0.15, -0.1) is 0 Å². The van der Waals surface area contributed by atoms with E-state index in [9.17, 15) is 8.78 Å². The average Bonchev–Trinajstić information content (AvgIpc) is 2.16. The van der Waals surface area contributed by atoms with Crippen LogP contribution in [0.5, 0.6) is 11.5 Å². The second kappa shape index (κ2) is 5.02. The Kier molecular flexibility index (Phi) is 3.68. The zero-order chi connectivity index (χ0) is 10.4. The van der Waals surface area contributed by atoms with Crippen LogP contribution in [0.1, 0.15) is 0 Å². The summed E-state index contributed by atoms with van der Waals surface area (Å²) < 4.78 is 32.5. The van der Waals surface area contributed by atoms with Crippen molar-refractivity contribution in [1.29, 1.82) is 5.26 Å². The normalized spacial score (nSPS) is 9.57. The lowest BCUT2D eigenvalue weighted by atomic mass is 10.3. The summed E-state index contributed by atoms with van der Waals surface area (Å²) in [5, 5.41) is 8.20. The third-order valence-corrected chi connectivity index (χ3v) is 1.35. The van der Waals surface area contributed by atoms with E-state index >= 15 is 0 Å². The lowest BCUT2D eigenvalue weighted by molar-refractivity contribution is -0.0498. The van der Waals surface area contributed by atoms with Gasteiger partial charge in [-0.05, 0) is 24.3 Å². The highest BCUT2D eigenvalue weighted by Gasteiger charge is 2.03. The van der Waals surface area contributed by atoms with E-state index in [1.54, 1.807) is 6.07 Å². The van der Waals surface area contributed by atoms with E-state index in [1.807, 2.05) is 0 Å². The van der Waals surface area contributed by atoms with Crippen LogP contribution in [0.25, 0.3) is 0 Å². The highest BCUT2D eigenvalue weighted by Crippen LogP contribution is 2.18. The van der Waals surface area contributed by atoms with Crippen molar-refractivity contribution in [2.75, 3.05) is 6.61 Å². The summed E-state index contributed by atoms with van der Waals surface area (Å²) in [7, 11) is 0. The van der Waals surface area contributed by atoms with E-state index < -0.39 is 6.61 Å². The smallest absolute Gasteiger partial charge is 0.387 e. The molecule has 5 heteroatoms. The van der Waals surface area contributed by atoms with Gasteiger partial charge in [0, 0.05) is 0 Å². The molecule has 0 N–H and O–H groups in total. The van der Waals surface area contributed by atoms with Gasteiger partial charge in [-0.1, -0.05) is 0 Å². The van der Waals surface area contributed by atoms with E-state index in [1.165, 1.54) is 24.3 Å². The van der Waals surface area contributed by atoms with E-state index in [0.717, 1.165) is 0 Å². The van der Waals surface area contributed by atoms with Crippen molar-refractivity contribution in [1.82, 2.24) is 0 Å². The second-order valence-corrected chi connectivity index (χ2v) is 2.30. The number of alkyl halides is 2. The summed E-state index contributed by atoms with van der Waals surface area (Å²) >= 11 is 0. The number of rotatable bonds is 4. The van der Waals surface area contributed by atoms with E-state index in [2.05, 4.69) is 4.74 Å². The predicted molar refractivity (Wildman–Crippen MR) is 44.2 cm³/mol. The van der Waals surface area contributed by atoms with Crippen LogP contribution in [0.2, 0.25) is 0 Å². The van der Waals surface area contributed by atoms with Crippen LogP contribution in [0.15, 0.2) is 24.3 Å². The first-order chi connectivity index (χ1) is 6.72. The maximum atomic E-state index is 11.7. The topological polar surface area (TPSA) is 42.2 Å². The Balaban J connectivity index is 2.56. The summed E-state index contributed by atoms with van der Waals surface area (Å²) in [6.45, 7) is -2.91. The highest BCUT2D eigenvalue weighted by molar-refractivity contribution is 5.31. The molecule has 0 heterocycles. The molecule has 1 aromatic carbocycles. The van der Waals surface area contributed by atoms with Crippen LogP contribution in [0, 0.1) is 11.3 Å². The van der Waals surface area contributed by atoms with Gasteiger partial charge in [0.1, 0.15) is 17.6 Å². The number of hydrogen-bond donors (Lipinski definition) is 0. The lowest BCUT2D eigenvalue weighted by Gasteiger charge is -2.05. The van der Waals surface area contributed by atoms with Gasteiger partial charge in [-0.2, -0.15) is 14.0 Å². The molecule has 0 bridgehead atoms. The molecule has 3 nitrogen and oxygen atoms in total. The van der Waals surface area contributed by atoms with Crippen LogP contribution < -0.4 is 9.47 Å². The standard InChI is InChI=1S/C9H7F2NO2/c10-9(11)14-8-3-1-7(2-4-8)13-6-5-12/h1-4,9H,6H2. The highest BCUT2D eigenvalue weighted by atomic mass is 19.3. The molecule has 0 aliphatic carbocycles. The molecule has 0 unspecified atom stereocenters. The molecule has 1 rings (SSSR count). The molecule has 0 fully saturated rings. The van der Waals surface area contributed by atoms with Crippen molar-refractivity contribution < 1.29 is 18.3 Å². The lowest BCUT2D eigenvalue weighted by Crippen LogP contribution is -2.01. The van der Waals surface area contributed by atoms with E-state index in [-0.39, 0.29) is 12.4 Å². The number of nitrogens with zero attached hydrogens (tertiary/aromatic N) is 1. The molecule has 0 saturated carbocycles. The minimum absolute atomic E-state index is 0.0595. The van der Waals surface area contributed by atoms with Gasteiger partial charge in [0.25, 0.3) is 0 Å². The molecule has 0 saturated heterocycles. The van der Waals surface area contributed by atoms with Crippen LogP contribution in [-0.4, -0.2) is 13.2 Å². The Morgan fingerprint density at radius 2 is 1.79 bits per heavy atom. The fraction of sp³-hybridized carbons (Fsp3) is 0.222. The van der Waals surface area contributed by atoms with Gasteiger partial charge >= 0.3 is 6.61 Å². The fourth-order valence-electron chi connectivity index (χ4n) is 0.833. The third kappa shape index (κ3) is 3.27. The summed E-state index contributed by atoms with van der Waals surface area (Å²) in [5.74, 6) is 0.498. The molecule has 74 valence electrons. The van der Waals surface area contributed by atoms with Gasteiger partial charge < -0.3 is 9.47 Å². The maximum Gasteiger partial charge on any atom is 0.387 e. The Morgan fingerprint density at radius 1 is 1.21 bits per heavy atom. The predicted octanol–water partition coefficient (Wildman–Crippen LogP) is 2.19. The molecular formula is C9H7F2NO2. The average molecular weight is 199 g/mol. The molecule has 0 aliphatic rings. The largest absolute Gasteiger partial charge is 0.479 e. The van der Waals surface area contributed by atoms with Crippen molar-refractivity contribution in [2.45, 2.75) is 6.61 Å². The monoisotopic (exact) mass is 199 g/mol. The number of halogens is 2. The van der Waals surface area contributed by atoms with Gasteiger partial charge in [-0.3, -0.25) is 0 Å². The molecule has 0 aliphatic heterocycles. The van der Waals surface area contributed by atoms with Gasteiger partial charge in [0.05, 0.1) is 0 Å². The van der Waals surface area contributed by atoms with Crippen LogP contribution >= 0.6 is 0 Å². The van der Waals surface area contributed by atoms with Gasteiger partial charge in [0.2, 0.25) is 0 Å². The Morgan fingerprint density at radius 3 is 2.29 bits per heavy atom. The van der Waals surface area contributed by atoms with Crippen LogP contribution in [-0.2, 0) is 0 Å². The van der Waals surface area contributed by atoms with Gasteiger partial charge in [0.15, 0.2) is 6.61 Å². The van der Waals surface area contributed by atoms with Crippen molar-refractivity contribution in [3.63, 3.8) is 0 Å². The number of benzene rings is 1. The molecule has 1 aromatic rings. The third-order valence-electron chi connectivity index (χ3n) is 1.35. The Bertz CT molecular complexity index is 319. The molecule has 0 atom stereocenters. The minimum Gasteiger partial charge on any atom is -0.479 e. The maximum absolute atomic E-state index is 11.7. The van der Waals surface area contributed by atoms with Crippen molar-refractivity contribution >= 4 is 0 Å². The summed E-state index contributed by atoms with van der Waals surface area (Å²) in [6, 6.07) is 7.39. The first kappa shape index (κ1) is 10.3. The zero-order valence-corrected chi connectivity index (χ0v) is 7.11. The Labute approximate surface area is 79.5 Å².